The van der Waals surface area contributed by atoms with Gasteiger partial charge in [0.05, 0.1) is 7.11 Å². The van der Waals surface area contributed by atoms with Crippen LogP contribution < -0.4 is 0 Å². The van der Waals surface area contributed by atoms with Gasteiger partial charge in [0, 0.05) is 6.42 Å². The van der Waals surface area contributed by atoms with Gasteiger partial charge in [0.25, 0.3) is 0 Å². The van der Waals surface area contributed by atoms with Crippen molar-refractivity contribution in [1.29, 1.82) is 0 Å². The van der Waals surface area contributed by atoms with Gasteiger partial charge in [-0.25, -0.2) is 0 Å². The first-order valence-electron chi connectivity index (χ1n) is 5.62. The molecule has 0 heterocycles. The zero-order valence-corrected chi connectivity index (χ0v) is 9.38. The minimum absolute atomic E-state index is 0.0293. The number of ether oxygens (including phenoxy) is 1. The highest BCUT2D eigenvalue weighted by atomic mass is 16.5. The summed E-state index contributed by atoms with van der Waals surface area (Å²) >= 11 is 0. The van der Waals surface area contributed by atoms with Gasteiger partial charge in [0.15, 0.2) is 0 Å². The monoisotopic (exact) mass is 196 g/mol. The Morgan fingerprint density at radius 2 is 2.14 bits per heavy atom. The normalized spacial score (nSPS) is 38.6. The molecule has 0 aromatic rings. The summed E-state index contributed by atoms with van der Waals surface area (Å²) in [4.78, 5) is 11.2. The maximum Gasteiger partial charge on any atom is 0.305 e. The summed E-state index contributed by atoms with van der Waals surface area (Å²) < 4.78 is 4.75. The van der Waals surface area contributed by atoms with E-state index in [-0.39, 0.29) is 5.97 Å². The number of carbonyl (C=O) groups is 1. The summed E-state index contributed by atoms with van der Waals surface area (Å²) in [5.74, 6) is 2.17. The van der Waals surface area contributed by atoms with Gasteiger partial charge in [-0.3, -0.25) is 4.79 Å². The lowest BCUT2D eigenvalue weighted by Gasteiger charge is -2.26. The number of esters is 1. The van der Waals surface area contributed by atoms with Crippen molar-refractivity contribution in [2.45, 2.75) is 39.5 Å². The molecule has 0 spiro atoms. The summed E-state index contributed by atoms with van der Waals surface area (Å²) in [6, 6.07) is 0. The van der Waals surface area contributed by atoms with Crippen LogP contribution in [0.5, 0.6) is 0 Å². The zero-order valence-electron chi connectivity index (χ0n) is 9.38. The van der Waals surface area contributed by atoms with Gasteiger partial charge < -0.3 is 4.74 Å². The molecule has 2 bridgehead atoms. The third-order valence-corrected chi connectivity index (χ3v) is 4.65. The number of methoxy groups -OCH3 is 1. The molecular weight excluding hydrogens is 176 g/mol. The summed E-state index contributed by atoms with van der Waals surface area (Å²) in [6.07, 6.45) is 4.57. The Balaban J connectivity index is 2.02. The average molecular weight is 196 g/mol. The highest BCUT2D eigenvalue weighted by molar-refractivity contribution is 5.69. The fourth-order valence-corrected chi connectivity index (χ4v) is 3.75. The van der Waals surface area contributed by atoms with Crippen LogP contribution in [0, 0.1) is 23.2 Å². The Bertz CT molecular complexity index is 245. The van der Waals surface area contributed by atoms with E-state index in [2.05, 4.69) is 13.8 Å². The van der Waals surface area contributed by atoms with Crippen LogP contribution in [0.1, 0.15) is 39.5 Å². The Hall–Kier alpha value is -0.530. The number of carbonyl (C=O) groups excluding carboxylic acids is 1. The van der Waals surface area contributed by atoms with Gasteiger partial charge in [-0.05, 0) is 42.4 Å². The lowest BCUT2D eigenvalue weighted by molar-refractivity contribution is -0.142. The number of fused-ring (bicyclic) bond motifs is 2. The van der Waals surface area contributed by atoms with Crippen LogP contribution in [0.4, 0.5) is 0 Å². The second kappa shape index (κ2) is 3.25. The molecule has 3 atom stereocenters. The number of rotatable bonds is 2. The van der Waals surface area contributed by atoms with Gasteiger partial charge >= 0.3 is 5.97 Å². The van der Waals surface area contributed by atoms with Crippen molar-refractivity contribution in [3.05, 3.63) is 0 Å². The first-order valence-corrected chi connectivity index (χ1v) is 5.62. The van der Waals surface area contributed by atoms with Gasteiger partial charge in [0.2, 0.25) is 0 Å². The molecule has 2 fully saturated rings. The lowest BCUT2D eigenvalue weighted by Crippen LogP contribution is -2.21. The van der Waals surface area contributed by atoms with Gasteiger partial charge in [0.1, 0.15) is 0 Å². The second-order valence-electron chi connectivity index (χ2n) is 5.48. The first kappa shape index (κ1) is 10.0. The van der Waals surface area contributed by atoms with Crippen molar-refractivity contribution in [3.63, 3.8) is 0 Å². The molecule has 0 aromatic heterocycles. The van der Waals surface area contributed by atoms with E-state index in [4.69, 9.17) is 4.74 Å². The van der Waals surface area contributed by atoms with Gasteiger partial charge in [-0.15, -0.1) is 0 Å². The summed E-state index contributed by atoms with van der Waals surface area (Å²) in [5.41, 5.74) is 0.471. The van der Waals surface area contributed by atoms with E-state index in [1.54, 1.807) is 0 Å². The van der Waals surface area contributed by atoms with Crippen molar-refractivity contribution >= 4 is 5.97 Å². The minimum Gasteiger partial charge on any atom is -0.469 e. The van der Waals surface area contributed by atoms with Gasteiger partial charge in [-0.2, -0.15) is 0 Å². The van der Waals surface area contributed by atoms with Crippen molar-refractivity contribution in [2.75, 3.05) is 7.11 Å². The van der Waals surface area contributed by atoms with Crippen LogP contribution in [0.3, 0.4) is 0 Å². The van der Waals surface area contributed by atoms with E-state index in [0.29, 0.717) is 17.8 Å². The topological polar surface area (TPSA) is 26.3 Å². The van der Waals surface area contributed by atoms with Crippen LogP contribution in [-0.2, 0) is 9.53 Å². The predicted octanol–water partition coefficient (Wildman–Crippen LogP) is 2.62. The van der Waals surface area contributed by atoms with E-state index >= 15 is 0 Å². The molecule has 2 heteroatoms. The molecule has 2 rings (SSSR count). The maximum atomic E-state index is 11.2. The number of hydrogen-bond acceptors (Lipinski definition) is 2. The lowest BCUT2D eigenvalue weighted by atomic mass is 9.79. The zero-order chi connectivity index (χ0) is 10.3. The summed E-state index contributed by atoms with van der Waals surface area (Å²) in [5, 5.41) is 0. The molecule has 0 aliphatic heterocycles. The standard InChI is InChI=1S/C12H20O2/c1-12(2)9-4-5-10(12)8(6-9)7-11(13)14-3/h8-10H,4-7H2,1-3H3. The molecule has 14 heavy (non-hydrogen) atoms. The van der Waals surface area contributed by atoms with Crippen molar-refractivity contribution in [3.8, 4) is 0 Å². The Labute approximate surface area is 86.0 Å². The molecule has 80 valence electrons. The van der Waals surface area contributed by atoms with Crippen LogP contribution in [0.2, 0.25) is 0 Å². The fourth-order valence-electron chi connectivity index (χ4n) is 3.75. The molecule has 0 N–H and O–H groups in total. The quantitative estimate of drug-likeness (QED) is 0.635. The van der Waals surface area contributed by atoms with Crippen LogP contribution in [0.15, 0.2) is 0 Å². The SMILES string of the molecule is COC(=O)CC1CC2CCC1C2(C)C. The number of hydrogen-bond donors (Lipinski definition) is 0. The molecular formula is C12H20O2. The Kier molecular flexibility index (Phi) is 2.32. The minimum atomic E-state index is -0.0293. The highest BCUT2D eigenvalue weighted by Gasteiger charge is 2.53. The van der Waals surface area contributed by atoms with Crippen LogP contribution in [-0.4, -0.2) is 13.1 Å². The smallest absolute Gasteiger partial charge is 0.305 e. The van der Waals surface area contributed by atoms with Crippen LogP contribution >= 0.6 is 0 Å². The third-order valence-electron chi connectivity index (χ3n) is 4.65. The molecule has 0 saturated heterocycles. The first-order chi connectivity index (χ1) is 6.55. The molecule has 0 radical (unpaired) electrons. The average Bonchev–Trinajstić information content (AvgIpc) is 2.54. The van der Waals surface area contributed by atoms with Crippen LogP contribution in [0.25, 0.3) is 0 Å². The Morgan fingerprint density at radius 1 is 1.43 bits per heavy atom. The van der Waals surface area contributed by atoms with E-state index in [9.17, 15) is 4.79 Å². The highest BCUT2D eigenvalue weighted by Crippen LogP contribution is 2.60. The molecule has 2 aliphatic carbocycles. The fraction of sp³-hybridized carbons (Fsp3) is 0.917. The van der Waals surface area contributed by atoms with Crippen molar-refractivity contribution in [2.24, 2.45) is 23.2 Å². The van der Waals surface area contributed by atoms with Gasteiger partial charge in [-0.1, -0.05) is 13.8 Å². The molecule has 0 amide bonds. The van der Waals surface area contributed by atoms with E-state index in [0.717, 1.165) is 11.8 Å². The van der Waals surface area contributed by atoms with E-state index in [1.807, 2.05) is 0 Å². The van der Waals surface area contributed by atoms with Crippen molar-refractivity contribution < 1.29 is 9.53 Å². The van der Waals surface area contributed by atoms with E-state index < -0.39 is 0 Å². The largest absolute Gasteiger partial charge is 0.469 e. The molecule has 2 aliphatic rings. The molecule has 3 unspecified atom stereocenters. The predicted molar refractivity (Wildman–Crippen MR) is 54.7 cm³/mol. The maximum absolute atomic E-state index is 11.2. The molecule has 0 aromatic carbocycles. The second-order valence-corrected chi connectivity index (χ2v) is 5.48. The molecule has 2 nitrogen and oxygen atoms in total. The summed E-state index contributed by atoms with van der Waals surface area (Å²) in [6.45, 7) is 4.74. The summed E-state index contributed by atoms with van der Waals surface area (Å²) in [7, 11) is 1.49. The third kappa shape index (κ3) is 1.35. The van der Waals surface area contributed by atoms with Crippen molar-refractivity contribution in [1.82, 2.24) is 0 Å². The molecule has 2 saturated carbocycles. The Morgan fingerprint density at radius 3 is 2.57 bits per heavy atom. The van der Waals surface area contributed by atoms with E-state index in [1.165, 1.54) is 26.4 Å².